The summed E-state index contributed by atoms with van der Waals surface area (Å²) in [5, 5.41) is 23.3. The van der Waals surface area contributed by atoms with Gasteiger partial charge in [0.2, 0.25) is 0 Å². The molecule has 4 N–H and O–H groups in total. The number of rotatable bonds is 6. The van der Waals surface area contributed by atoms with Crippen LogP contribution in [0.15, 0.2) is 0 Å². The van der Waals surface area contributed by atoms with Gasteiger partial charge in [0.1, 0.15) is 0 Å². The Morgan fingerprint density at radius 3 is 1.06 bits per heavy atom. The minimum atomic E-state index is 0.266. The third-order valence-electron chi connectivity index (χ3n) is 3.19. The van der Waals surface area contributed by atoms with Crippen LogP contribution in [0.2, 0.25) is 0 Å². The van der Waals surface area contributed by atoms with Crippen molar-refractivity contribution in [3.63, 3.8) is 0 Å². The van der Waals surface area contributed by atoms with Crippen LogP contribution in [0.1, 0.15) is 27.7 Å². The summed E-state index contributed by atoms with van der Waals surface area (Å²) in [6.07, 6.45) is 0. The molecule has 0 saturated heterocycles. The van der Waals surface area contributed by atoms with Crippen molar-refractivity contribution in [3.05, 3.63) is 0 Å². The molecule has 0 aromatic carbocycles. The smallest absolute Gasteiger partial charge is 0.0471 e. The monoisotopic (exact) mass is 234 g/mol. The first-order valence-electron chi connectivity index (χ1n) is 6.00. The van der Waals surface area contributed by atoms with E-state index >= 15 is 0 Å². The van der Waals surface area contributed by atoms with Gasteiger partial charge in [-0.25, -0.2) is 0 Å². The van der Waals surface area contributed by atoms with Crippen LogP contribution in [0.25, 0.3) is 0 Å². The maximum atomic E-state index is 8.60. The molecular formula is C12H30N2O2. The highest BCUT2D eigenvalue weighted by Gasteiger charge is 2.06. The predicted molar refractivity (Wildman–Crippen MR) is 69.5 cm³/mol. The van der Waals surface area contributed by atoms with Crippen molar-refractivity contribution in [2.75, 3.05) is 27.3 Å². The van der Waals surface area contributed by atoms with Crippen LogP contribution >= 0.6 is 0 Å². The average Bonchev–Trinajstić information content (AvgIpc) is 2.35. The van der Waals surface area contributed by atoms with Crippen molar-refractivity contribution >= 4 is 0 Å². The highest BCUT2D eigenvalue weighted by Crippen LogP contribution is 1.98. The minimum absolute atomic E-state index is 0.266. The Morgan fingerprint density at radius 2 is 1.00 bits per heavy atom. The first-order chi connectivity index (χ1) is 7.44. The quantitative estimate of drug-likeness (QED) is 0.539. The second-order valence-electron chi connectivity index (χ2n) is 4.47. The lowest BCUT2D eigenvalue weighted by atomic mass is 10.1. The van der Waals surface area contributed by atoms with Gasteiger partial charge in [-0.15, -0.1) is 0 Å². The van der Waals surface area contributed by atoms with Gasteiger partial charge in [-0.05, 0) is 39.8 Å². The minimum Gasteiger partial charge on any atom is -0.396 e. The molecule has 0 saturated carbocycles. The lowest BCUT2D eigenvalue weighted by Gasteiger charge is -2.15. The summed E-state index contributed by atoms with van der Waals surface area (Å²) in [5.41, 5.74) is 0. The molecule has 16 heavy (non-hydrogen) atoms. The molecule has 0 aliphatic carbocycles. The van der Waals surface area contributed by atoms with Gasteiger partial charge in [0.15, 0.2) is 0 Å². The fourth-order valence-corrected chi connectivity index (χ4v) is 0.885. The Balaban J connectivity index is 0. The summed E-state index contributed by atoms with van der Waals surface area (Å²) in [5.74, 6) is 0.722. The molecule has 0 rings (SSSR count). The molecule has 0 aromatic rings. The zero-order valence-corrected chi connectivity index (χ0v) is 11.6. The van der Waals surface area contributed by atoms with Crippen LogP contribution in [-0.4, -0.2) is 49.6 Å². The summed E-state index contributed by atoms with van der Waals surface area (Å²) in [7, 11) is 3.80. The van der Waals surface area contributed by atoms with Crippen molar-refractivity contribution in [3.8, 4) is 0 Å². The second kappa shape index (κ2) is 11.3. The summed E-state index contributed by atoms with van der Waals surface area (Å²) in [6.45, 7) is 8.67. The van der Waals surface area contributed by atoms with Crippen LogP contribution in [0.4, 0.5) is 0 Å². The molecule has 0 aliphatic rings. The summed E-state index contributed by atoms with van der Waals surface area (Å²) in [4.78, 5) is 0. The van der Waals surface area contributed by atoms with Gasteiger partial charge in [0, 0.05) is 25.3 Å². The Bertz CT molecular complexity index is 113. The van der Waals surface area contributed by atoms with Crippen LogP contribution in [0.5, 0.6) is 0 Å². The van der Waals surface area contributed by atoms with E-state index in [1.54, 1.807) is 0 Å². The fraction of sp³-hybridized carbons (Fsp3) is 1.00. The molecule has 100 valence electrons. The predicted octanol–water partition coefficient (Wildman–Crippen LogP) is 0.445. The van der Waals surface area contributed by atoms with Crippen molar-refractivity contribution in [2.24, 2.45) is 11.8 Å². The van der Waals surface area contributed by atoms with Crippen molar-refractivity contribution in [2.45, 2.75) is 39.8 Å². The standard InChI is InChI=1S/2C6H15NO/c2*1-5(4-8)6(2)7-3/h2*5-8H,4H2,1-3H3. The van der Waals surface area contributed by atoms with E-state index in [9.17, 15) is 0 Å². The van der Waals surface area contributed by atoms with Gasteiger partial charge >= 0.3 is 0 Å². The maximum absolute atomic E-state index is 8.60. The highest BCUT2D eigenvalue weighted by molar-refractivity contribution is 4.64. The Labute approximate surface area is 100 Å². The number of hydrogen-bond donors (Lipinski definition) is 4. The SMILES string of the molecule is CNC(C)C(C)CO.CNC(C)C(C)CO. The van der Waals surface area contributed by atoms with Crippen molar-refractivity contribution in [1.29, 1.82) is 0 Å². The van der Waals surface area contributed by atoms with Gasteiger partial charge in [-0.3, -0.25) is 0 Å². The van der Waals surface area contributed by atoms with Crippen LogP contribution in [0, 0.1) is 11.8 Å². The Morgan fingerprint density at radius 1 is 0.750 bits per heavy atom. The topological polar surface area (TPSA) is 64.5 Å². The molecule has 0 aliphatic heterocycles. The molecule has 4 heteroatoms. The van der Waals surface area contributed by atoms with Gasteiger partial charge < -0.3 is 20.8 Å². The van der Waals surface area contributed by atoms with E-state index in [0.29, 0.717) is 23.9 Å². The third kappa shape index (κ3) is 9.09. The molecule has 0 aromatic heterocycles. The van der Waals surface area contributed by atoms with E-state index in [-0.39, 0.29) is 13.2 Å². The molecule has 0 bridgehead atoms. The first-order valence-corrected chi connectivity index (χ1v) is 6.00. The molecule has 4 atom stereocenters. The molecule has 4 nitrogen and oxygen atoms in total. The Kier molecular flexibility index (Phi) is 12.9. The zero-order valence-electron chi connectivity index (χ0n) is 11.6. The molecular weight excluding hydrogens is 204 g/mol. The van der Waals surface area contributed by atoms with E-state index in [1.165, 1.54) is 0 Å². The maximum Gasteiger partial charge on any atom is 0.0471 e. The number of aliphatic hydroxyl groups is 2. The second-order valence-corrected chi connectivity index (χ2v) is 4.47. The fourth-order valence-electron chi connectivity index (χ4n) is 0.885. The summed E-state index contributed by atoms with van der Waals surface area (Å²) < 4.78 is 0. The van der Waals surface area contributed by atoms with Gasteiger partial charge in [0.25, 0.3) is 0 Å². The van der Waals surface area contributed by atoms with Crippen LogP contribution in [-0.2, 0) is 0 Å². The molecule has 0 amide bonds. The van der Waals surface area contributed by atoms with Gasteiger partial charge in [-0.2, -0.15) is 0 Å². The van der Waals surface area contributed by atoms with Crippen molar-refractivity contribution < 1.29 is 10.2 Å². The van der Waals surface area contributed by atoms with E-state index in [0.717, 1.165) is 0 Å². The summed E-state index contributed by atoms with van der Waals surface area (Å²) >= 11 is 0. The average molecular weight is 234 g/mol. The zero-order chi connectivity index (χ0) is 13.1. The molecule has 0 spiro atoms. The lowest BCUT2D eigenvalue weighted by molar-refractivity contribution is 0.211. The first kappa shape index (κ1) is 18.2. The normalized spacial score (nSPS) is 18.0. The van der Waals surface area contributed by atoms with Crippen LogP contribution < -0.4 is 10.6 Å². The molecule has 0 radical (unpaired) electrons. The lowest BCUT2D eigenvalue weighted by Crippen LogP contribution is -2.30. The number of nitrogens with one attached hydrogen (secondary N) is 2. The molecule has 4 unspecified atom stereocenters. The van der Waals surface area contributed by atoms with E-state index in [4.69, 9.17) is 10.2 Å². The van der Waals surface area contributed by atoms with Gasteiger partial charge in [-0.1, -0.05) is 13.8 Å². The third-order valence-corrected chi connectivity index (χ3v) is 3.19. The van der Waals surface area contributed by atoms with Crippen molar-refractivity contribution in [1.82, 2.24) is 10.6 Å². The van der Waals surface area contributed by atoms with Crippen LogP contribution in [0.3, 0.4) is 0 Å². The van der Waals surface area contributed by atoms with E-state index in [1.807, 2.05) is 27.9 Å². The van der Waals surface area contributed by atoms with E-state index < -0.39 is 0 Å². The molecule has 0 heterocycles. The highest BCUT2D eigenvalue weighted by atomic mass is 16.3. The Hall–Kier alpha value is -0.160. The summed E-state index contributed by atoms with van der Waals surface area (Å²) in [6, 6.07) is 0.833. The molecule has 0 fully saturated rings. The number of aliphatic hydroxyl groups excluding tert-OH is 2. The number of hydrogen-bond acceptors (Lipinski definition) is 4. The largest absolute Gasteiger partial charge is 0.396 e. The van der Waals surface area contributed by atoms with E-state index in [2.05, 4.69) is 24.5 Å². The van der Waals surface area contributed by atoms with Gasteiger partial charge in [0.05, 0.1) is 0 Å².